The van der Waals surface area contributed by atoms with E-state index in [9.17, 15) is 8.42 Å². The van der Waals surface area contributed by atoms with E-state index in [-0.39, 0.29) is 0 Å². The lowest BCUT2D eigenvalue weighted by Crippen LogP contribution is -2.50. The number of nitrogens with zero attached hydrogens (tertiary/aromatic N) is 5. The molecule has 2 N–H and O–H groups in total. The van der Waals surface area contributed by atoms with E-state index in [4.69, 9.17) is 5.14 Å². The number of rotatable bonds is 4. The molecule has 0 radical (unpaired) electrons. The Morgan fingerprint density at radius 3 is 2.41 bits per heavy atom. The molecule has 2 aromatic rings. The first kappa shape index (κ1) is 15.1. The second-order valence-corrected chi connectivity index (χ2v) is 6.73. The third kappa shape index (κ3) is 3.50. The van der Waals surface area contributed by atoms with Crippen molar-refractivity contribution in [3.05, 3.63) is 42.2 Å². The minimum absolute atomic E-state index is 0.408. The van der Waals surface area contributed by atoms with Gasteiger partial charge in [0.05, 0.1) is 17.6 Å². The van der Waals surface area contributed by atoms with Crippen LogP contribution in [0.4, 0.5) is 0 Å². The fourth-order valence-corrected chi connectivity index (χ4v) is 3.10. The van der Waals surface area contributed by atoms with E-state index in [0.29, 0.717) is 32.7 Å². The summed E-state index contributed by atoms with van der Waals surface area (Å²) in [7, 11) is -3.58. The van der Waals surface area contributed by atoms with Crippen molar-refractivity contribution in [3.63, 3.8) is 0 Å². The molecule has 3 rings (SSSR count). The van der Waals surface area contributed by atoms with Crippen molar-refractivity contribution in [2.45, 2.75) is 6.54 Å². The van der Waals surface area contributed by atoms with Crippen LogP contribution in [0, 0.1) is 0 Å². The van der Waals surface area contributed by atoms with Crippen LogP contribution in [0.5, 0.6) is 0 Å². The molecule has 1 fully saturated rings. The smallest absolute Gasteiger partial charge is 0.276 e. The Labute approximate surface area is 129 Å². The van der Waals surface area contributed by atoms with Gasteiger partial charge in [-0.2, -0.15) is 27.7 Å². The van der Waals surface area contributed by atoms with Gasteiger partial charge in [0.15, 0.2) is 0 Å². The molecule has 9 heteroatoms. The van der Waals surface area contributed by atoms with Gasteiger partial charge in [0, 0.05) is 32.7 Å². The summed E-state index contributed by atoms with van der Waals surface area (Å²) in [6.45, 7) is 2.73. The van der Waals surface area contributed by atoms with Crippen molar-refractivity contribution < 1.29 is 8.42 Å². The monoisotopic (exact) mass is 322 g/mol. The molecule has 0 bridgehead atoms. The van der Waals surface area contributed by atoms with E-state index in [2.05, 4.69) is 15.1 Å². The van der Waals surface area contributed by atoms with Gasteiger partial charge in [-0.3, -0.25) is 4.90 Å². The lowest BCUT2D eigenvalue weighted by atomic mass is 10.3. The molecule has 1 aliphatic rings. The van der Waals surface area contributed by atoms with Crippen molar-refractivity contribution in [2.75, 3.05) is 26.2 Å². The van der Waals surface area contributed by atoms with Gasteiger partial charge in [0.1, 0.15) is 0 Å². The van der Waals surface area contributed by atoms with Crippen LogP contribution in [0.3, 0.4) is 0 Å². The minimum Gasteiger partial charge on any atom is -0.295 e. The number of aromatic nitrogens is 3. The molecule has 0 amide bonds. The molecular formula is C13H18N6O2S. The van der Waals surface area contributed by atoms with E-state index in [1.165, 1.54) is 4.31 Å². The van der Waals surface area contributed by atoms with Gasteiger partial charge >= 0.3 is 0 Å². The van der Waals surface area contributed by atoms with Crippen molar-refractivity contribution in [3.8, 4) is 5.69 Å². The first-order valence-corrected chi connectivity index (χ1v) is 8.49. The van der Waals surface area contributed by atoms with Gasteiger partial charge in [0.25, 0.3) is 10.2 Å². The number of para-hydroxylation sites is 1. The van der Waals surface area contributed by atoms with E-state index >= 15 is 0 Å². The van der Waals surface area contributed by atoms with E-state index < -0.39 is 10.2 Å². The van der Waals surface area contributed by atoms with Crippen molar-refractivity contribution in [2.24, 2.45) is 5.14 Å². The van der Waals surface area contributed by atoms with E-state index in [1.54, 1.807) is 11.0 Å². The Bertz CT molecular complexity index is 722. The number of hydrogen-bond acceptors (Lipinski definition) is 5. The van der Waals surface area contributed by atoms with Gasteiger partial charge in [-0.15, -0.1) is 0 Å². The zero-order chi connectivity index (χ0) is 15.6. The number of piperazine rings is 1. The molecule has 0 saturated carbocycles. The Hall–Kier alpha value is -1.81. The highest BCUT2D eigenvalue weighted by molar-refractivity contribution is 7.86. The van der Waals surface area contributed by atoms with Crippen LogP contribution in [0.25, 0.3) is 5.69 Å². The molecule has 2 heterocycles. The highest BCUT2D eigenvalue weighted by Crippen LogP contribution is 2.09. The molecular weight excluding hydrogens is 304 g/mol. The fraction of sp³-hybridized carbons (Fsp3) is 0.385. The second-order valence-electron chi connectivity index (χ2n) is 5.18. The van der Waals surface area contributed by atoms with E-state index in [0.717, 1.165) is 11.4 Å². The van der Waals surface area contributed by atoms with Gasteiger partial charge in [-0.05, 0) is 12.1 Å². The highest BCUT2D eigenvalue weighted by Gasteiger charge is 2.24. The van der Waals surface area contributed by atoms with Crippen LogP contribution in [0.1, 0.15) is 5.69 Å². The molecule has 22 heavy (non-hydrogen) atoms. The van der Waals surface area contributed by atoms with Gasteiger partial charge < -0.3 is 0 Å². The Morgan fingerprint density at radius 1 is 1.09 bits per heavy atom. The quantitative estimate of drug-likeness (QED) is 0.825. The molecule has 1 aromatic carbocycles. The van der Waals surface area contributed by atoms with Gasteiger partial charge in [-0.25, -0.2) is 5.14 Å². The van der Waals surface area contributed by atoms with Crippen molar-refractivity contribution in [1.29, 1.82) is 0 Å². The predicted molar refractivity (Wildman–Crippen MR) is 81.3 cm³/mol. The standard InChI is InChI=1S/C13H18N6O2S/c14-22(20,21)18-8-6-17(7-9-18)11-12-10-15-19(16-12)13-4-2-1-3-5-13/h1-5,10H,6-9,11H2,(H2,14,20,21). The molecule has 1 aromatic heterocycles. The van der Waals surface area contributed by atoms with Crippen molar-refractivity contribution in [1.82, 2.24) is 24.2 Å². The molecule has 8 nitrogen and oxygen atoms in total. The maximum absolute atomic E-state index is 11.3. The van der Waals surface area contributed by atoms with Crippen LogP contribution in [-0.2, 0) is 16.8 Å². The molecule has 1 aliphatic heterocycles. The average molecular weight is 322 g/mol. The lowest BCUT2D eigenvalue weighted by molar-refractivity contribution is 0.180. The molecule has 0 spiro atoms. The normalized spacial score (nSPS) is 17.7. The molecule has 0 aliphatic carbocycles. The molecule has 0 unspecified atom stereocenters. The van der Waals surface area contributed by atoms with Crippen LogP contribution in [0.2, 0.25) is 0 Å². The number of nitrogens with two attached hydrogens (primary N) is 1. The topological polar surface area (TPSA) is 97.4 Å². The first-order valence-electron chi connectivity index (χ1n) is 6.99. The summed E-state index contributed by atoms with van der Waals surface area (Å²) in [6, 6.07) is 9.69. The lowest BCUT2D eigenvalue weighted by Gasteiger charge is -2.32. The van der Waals surface area contributed by atoms with Gasteiger partial charge in [-0.1, -0.05) is 18.2 Å². The molecule has 1 saturated heterocycles. The maximum atomic E-state index is 11.3. The summed E-state index contributed by atoms with van der Waals surface area (Å²) < 4.78 is 23.8. The van der Waals surface area contributed by atoms with Crippen LogP contribution >= 0.6 is 0 Å². The number of benzene rings is 1. The SMILES string of the molecule is NS(=O)(=O)N1CCN(Cc2cnn(-c3ccccc3)n2)CC1. The van der Waals surface area contributed by atoms with Crippen molar-refractivity contribution >= 4 is 10.2 Å². The van der Waals surface area contributed by atoms with Crippen LogP contribution < -0.4 is 5.14 Å². The van der Waals surface area contributed by atoms with Crippen LogP contribution in [0.15, 0.2) is 36.5 Å². The second kappa shape index (κ2) is 6.13. The first-order chi connectivity index (χ1) is 10.5. The van der Waals surface area contributed by atoms with E-state index in [1.807, 2.05) is 30.3 Å². The fourth-order valence-electron chi connectivity index (χ4n) is 2.42. The Morgan fingerprint density at radius 2 is 1.77 bits per heavy atom. The summed E-state index contributed by atoms with van der Waals surface area (Å²) >= 11 is 0. The Balaban J connectivity index is 1.60. The summed E-state index contributed by atoms with van der Waals surface area (Å²) in [5.74, 6) is 0. The number of hydrogen-bond donors (Lipinski definition) is 1. The third-order valence-electron chi connectivity index (χ3n) is 3.60. The summed E-state index contributed by atoms with van der Waals surface area (Å²) in [6.07, 6.45) is 1.74. The zero-order valence-electron chi connectivity index (χ0n) is 12.0. The molecule has 118 valence electrons. The summed E-state index contributed by atoms with van der Waals surface area (Å²) in [5.41, 5.74) is 1.76. The molecule has 0 atom stereocenters. The third-order valence-corrected chi connectivity index (χ3v) is 4.69. The highest BCUT2D eigenvalue weighted by atomic mass is 32.2. The largest absolute Gasteiger partial charge is 0.295 e. The maximum Gasteiger partial charge on any atom is 0.276 e. The minimum atomic E-state index is -3.58. The summed E-state index contributed by atoms with van der Waals surface area (Å²) in [4.78, 5) is 3.73. The Kier molecular flexibility index (Phi) is 4.21. The zero-order valence-corrected chi connectivity index (χ0v) is 12.9. The predicted octanol–water partition coefficient (Wildman–Crippen LogP) is -0.412. The summed E-state index contributed by atoms with van der Waals surface area (Å²) in [5, 5.41) is 13.8. The van der Waals surface area contributed by atoms with Crippen LogP contribution in [-0.4, -0.2) is 58.8 Å². The average Bonchev–Trinajstić information content (AvgIpc) is 2.96. The van der Waals surface area contributed by atoms with Gasteiger partial charge in [0.2, 0.25) is 0 Å².